The number of hydrogen-bond acceptors (Lipinski definition) is 0. The van der Waals surface area contributed by atoms with Crippen molar-refractivity contribution in [1.29, 1.82) is 0 Å². The highest BCUT2D eigenvalue weighted by Crippen LogP contribution is 2.56. The first-order valence-electron chi connectivity index (χ1n) is 9.13. The fourth-order valence-electron chi connectivity index (χ4n) is 4.19. The lowest BCUT2D eigenvalue weighted by Gasteiger charge is -2.34. The predicted molar refractivity (Wildman–Crippen MR) is 119 cm³/mol. The summed E-state index contributed by atoms with van der Waals surface area (Å²) in [5, 5.41) is 0. The number of fused-ring (bicyclic) bond motifs is 3. The van der Waals surface area contributed by atoms with Crippen LogP contribution in [0.15, 0.2) is 114 Å². The molecule has 0 aromatic heterocycles. The molecule has 0 heterocycles. The standard InChI is InChI=1S/C26H21Br/c1-3-4-6-11-19(2)26(20-12-7-5-8-13-20)24-15-10-9-14-22(24)23-17-16-21(27)18-25(23)26/h3-18H,2H2,1H3/b4-3-,11-6-. The summed E-state index contributed by atoms with van der Waals surface area (Å²) in [5.41, 5.74) is 7.04. The maximum atomic E-state index is 4.55. The average Bonchev–Trinajstić information content (AvgIpc) is 2.99. The van der Waals surface area contributed by atoms with Crippen molar-refractivity contribution in [2.45, 2.75) is 12.3 Å². The second-order valence-electron chi connectivity index (χ2n) is 6.76. The molecule has 27 heavy (non-hydrogen) atoms. The lowest BCUT2D eigenvalue weighted by Crippen LogP contribution is -2.28. The zero-order chi connectivity index (χ0) is 18.9. The van der Waals surface area contributed by atoms with E-state index in [0.29, 0.717) is 0 Å². The Morgan fingerprint density at radius 2 is 1.56 bits per heavy atom. The van der Waals surface area contributed by atoms with Crippen LogP contribution in [-0.2, 0) is 5.41 Å². The second kappa shape index (κ2) is 7.17. The van der Waals surface area contributed by atoms with Crippen LogP contribution in [-0.4, -0.2) is 0 Å². The summed E-state index contributed by atoms with van der Waals surface area (Å²) < 4.78 is 1.08. The first-order chi connectivity index (χ1) is 13.2. The van der Waals surface area contributed by atoms with E-state index in [1.807, 2.05) is 19.1 Å². The van der Waals surface area contributed by atoms with Gasteiger partial charge in [-0.2, -0.15) is 0 Å². The van der Waals surface area contributed by atoms with Gasteiger partial charge >= 0.3 is 0 Å². The highest BCUT2D eigenvalue weighted by Gasteiger charge is 2.45. The first kappa shape index (κ1) is 17.8. The van der Waals surface area contributed by atoms with Gasteiger partial charge in [0.05, 0.1) is 5.41 Å². The zero-order valence-corrected chi connectivity index (χ0v) is 16.9. The third kappa shape index (κ3) is 2.74. The van der Waals surface area contributed by atoms with Crippen molar-refractivity contribution < 1.29 is 0 Å². The molecule has 1 heteroatoms. The molecule has 0 fully saturated rings. The predicted octanol–water partition coefficient (Wildman–Crippen LogP) is 7.45. The van der Waals surface area contributed by atoms with Crippen LogP contribution in [0, 0.1) is 0 Å². The highest BCUT2D eigenvalue weighted by molar-refractivity contribution is 9.10. The lowest BCUT2D eigenvalue weighted by molar-refractivity contribution is 0.769. The summed E-state index contributed by atoms with van der Waals surface area (Å²) in [4.78, 5) is 0. The van der Waals surface area contributed by atoms with Crippen LogP contribution < -0.4 is 0 Å². The van der Waals surface area contributed by atoms with E-state index < -0.39 is 5.41 Å². The SMILES string of the molecule is C=C(/C=C\C=C/C)C1(c2ccccc2)c2ccccc2-c2ccc(Br)cc21. The summed E-state index contributed by atoms with van der Waals surface area (Å²) in [6.45, 7) is 6.57. The molecule has 4 rings (SSSR count). The number of rotatable bonds is 4. The molecule has 0 aliphatic heterocycles. The molecule has 0 N–H and O–H groups in total. The maximum Gasteiger partial charge on any atom is 0.0708 e. The zero-order valence-electron chi connectivity index (χ0n) is 15.3. The van der Waals surface area contributed by atoms with Crippen molar-refractivity contribution >= 4 is 15.9 Å². The van der Waals surface area contributed by atoms with E-state index in [1.54, 1.807) is 0 Å². The van der Waals surface area contributed by atoms with Crippen molar-refractivity contribution in [3.05, 3.63) is 130 Å². The monoisotopic (exact) mass is 412 g/mol. The van der Waals surface area contributed by atoms with Crippen LogP contribution in [0.2, 0.25) is 0 Å². The molecular formula is C26H21Br. The van der Waals surface area contributed by atoms with Gasteiger partial charge in [-0.1, -0.05) is 107 Å². The van der Waals surface area contributed by atoms with E-state index in [-0.39, 0.29) is 0 Å². The van der Waals surface area contributed by atoms with Crippen molar-refractivity contribution in [3.63, 3.8) is 0 Å². The van der Waals surface area contributed by atoms with Gasteiger partial charge in [-0.05, 0) is 52.4 Å². The Morgan fingerprint density at radius 1 is 0.852 bits per heavy atom. The Hall–Kier alpha value is -2.64. The molecule has 3 aromatic carbocycles. The molecule has 0 saturated carbocycles. The topological polar surface area (TPSA) is 0 Å². The van der Waals surface area contributed by atoms with Crippen molar-refractivity contribution in [2.75, 3.05) is 0 Å². The number of benzene rings is 3. The smallest absolute Gasteiger partial charge is 0.0708 e. The molecule has 1 atom stereocenters. The largest absolute Gasteiger partial charge is 0.0942 e. The van der Waals surface area contributed by atoms with E-state index in [2.05, 4.69) is 107 Å². The van der Waals surface area contributed by atoms with Gasteiger partial charge in [-0.15, -0.1) is 0 Å². The van der Waals surface area contributed by atoms with Gasteiger partial charge in [0.15, 0.2) is 0 Å². The van der Waals surface area contributed by atoms with Gasteiger partial charge in [-0.3, -0.25) is 0 Å². The Bertz CT molecular complexity index is 1060. The Morgan fingerprint density at radius 3 is 2.33 bits per heavy atom. The molecule has 3 aromatic rings. The van der Waals surface area contributed by atoms with Crippen LogP contribution in [0.5, 0.6) is 0 Å². The van der Waals surface area contributed by atoms with E-state index >= 15 is 0 Å². The number of halogens is 1. The van der Waals surface area contributed by atoms with Gasteiger partial charge in [0, 0.05) is 4.47 Å². The highest BCUT2D eigenvalue weighted by atomic mass is 79.9. The van der Waals surface area contributed by atoms with Crippen molar-refractivity contribution in [2.24, 2.45) is 0 Å². The van der Waals surface area contributed by atoms with Crippen LogP contribution in [0.1, 0.15) is 23.6 Å². The Labute approximate surface area is 169 Å². The minimum Gasteiger partial charge on any atom is -0.0942 e. The molecule has 132 valence electrons. The second-order valence-corrected chi connectivity index (χ2v) is 7.68. The third-order valence-electron chi connectivity index (χ3n) is 5.30. The van der Waals surface area contributed by atoms with Crippen LogP contribution in [0.3, 0.4) is 0 Å². The van der Waals surface area contributed by atoms with Crippen LogP contribution in [0.25, 0.3) is 11.1 Å². The fourth-order valence-corrected chi connectivity index (χ4v) is 4.55. The molecular weight excluding hydrogens is 392 g/mol. The van der Waals surface area contributed by atoms with Gasteiger partial charge < -0.3 is 0 Å². The quantitative estimate of drug-likeness (QED) is 0.390. The van der Waals surface area contributed by atoms with Gasteiger partial charge in [-0.25, -0.2) is 0 Å². The van der Waals surface area contributed by atoms with E-state index in [1.165, 1.54) is 27.8 Å². The van der Waals surface area contributed by atoms with E-state index in [9.17, 15) is 0 Å². The van der Waals surface area contributed by atoms with Gasteiger partial charge in [0.2, 0.25) is 0 Å². The molecule has 0 spiro atoms. The van der Waals surface area contributed by atoms with Crippen molar-refractivity contribution in [3.8, 4) is 11.1 Å². The summed E-state index contributed by atoms with van der Waals surface area (Å²) in [6.07, 6.45) is 8.30. The fraction of sp³-hybridized carbons (Fsp3) is 0.0769. The summed E-state index contributed by atoms with van der Waals surface area (Å²) >= 11 is 3.69. The lowest BCUT2D eigenvalue weighted by atomic mass is 9.67. The van der Waals surface area contributed by atoms with Gasteiger partial charge in [0.1, 0.15) is 0 Å². The minimum atomic E-state index is -0.394. The summed E-state index contributed by atoms with van der Waals surface area (Å²) in [7, 11) is 0. The average molecular weight is 413 g/mol. The molecule has 1 aliphatic carbocycles. The maximum absolute atomic E-state index is 4.55. The molecule has 0 nitrogen and oxygen atoms in total. The first-order valence-corrected chi connectivity index (χ1v) is 9.93. The molecule has 0 saturated heterocycles. The van der Waals surface area contributed by atoms with Gasteiger partial charge in [0.25, 0.3) is 0 Å². The molecule has 0 bridgehead atoms. The van der Waals surface area contributed by atoms with E-state index in [0.717, 1.165) is 10.0 Å². The summed E-state index contributed by atoms with van der Waals surface area (Å²) in [5.74, 6) is 0. The number of hydrogen-bond donors (Lipinski definition) is 0. The number of allylic oxidation sites excluding steroid dienone is 5. The minimum absolute atomic E-state index is 0.394. The van der Waals surface area contributed by atoms with E-state index in [4.69, 9.17) is 0 Å². The third-order valence-corrected chi connectivity index (χ3v) is 5.79. The summed E-state index contributed by atoms with van der Waals surface area (Å²) in [6, 6.07) is 26.0. The molecule has 0 radical (unpaired) electrons. The normalized spacial score (nSPS) is 18.0. The molecule has 1 aliphatic rings. The van der Waals surface area contributed by atoms with Crippen LogP contribution in [0.4, 0.5) is 0 Å². The van der Waals surface area contributed by atoms with Crippen molar-refractivity contribution in [1.82, 2.24) is 0 Å². The Balaban J connectivity index is 2.10. The van der Waals surface area contributed by atoms with Crippen LogP contribution >= 0.6 is 15.9 Å². The molecule has 0 amide bonds. The molecule has 1 unspecified atom stereocenters. The Kier molecular flexibility index (Phi) is 4.72.